The van der Waals surface area contributed by atoms with Gasteiger partial charge in [0.15, 0.2) is 0 Å². The van der Waals surface area contributed by atoms with Crippen molar-refractivity contribution in [3.8, 4) is 11.5 Å². The average Bonchev–Trinajstić information content (AvgIpc) is 2.77. The van der Waals surface area contributed by atoms with E-state index in [0.29, 0.717) is 43.0 Å². The quantitative estimate of drug-likeness (QED) is 0.806. The van der Waals surface area contributed by atoms with Crippen LogP contribution in [-0.4, -0.2) is 48.3 Å². The highest BCUT2D eigenvalue weighted by molar-refractivity contribution is 5.78. The largest absolute Gasteiger partial charge is 0.497 e. The lowest BCUT2D eigenvalue weighted by Gasteiger charge is -2.44. The number of hydrogen-bond donors (Lipinski definition) is 2. The Kier molecular flexibility index (Phi) is 5.53. The van der Waals surface area contributed by atoms with Crippen molar-refractivity contribution in [3.63, 3.8) is 0 Å². The fourth-order valence-electron chi connectivity index (χ4n) is 4.77. The molecule has 4 rings (SSSR count). The minimum Gasteiger partial charge on any atom is -0.497 e. The molecule has 3 N–H and O–H groups in total. The van der Waals surface area contributed by atoms with Crippen LogP contribution in [-0.2, 0) is 4.79 Å². The van der Waals surface area contributed by atoms with Crippen molar-refractivity contribution in [2.24, 2.45) is 11.7 Å². The number of amides is 2. The molecule has 0 spiro atoms. The second-order valence-electron chi connectivity index (χ2n) is 7.94. The highest BCUT2D eigenvalue weighted by atomic mass is 16.5. The molecule has 1 saturated heterocycles. The van der Waals surface area contributed by atoms with Gasteiger partial charge in [-0.2, -0.15) is 0 Å². The van der Waals surface area contributed by atoms with Crippen molar-refractivity contribution in [1.29, 1.82) is 0 Å². The number of carbonyl (C=O) groups excluding carboxylic acids is 1. The lowest BCUT2D eigenvalue weighted by atomic mass is 9.74. The molecule has 2 aliphatic heterocycles. The maximum Gasteiger partial charge on any atom is 0.314 e. The first-order valence-corrected chi connectivity index (χ1v) is 10.1. The lowest BCUT2D eigenvalue weighted by Crippen LogP contribution is -2.49. The van der Waals surface area contributed by atoms with Crippen LogP contribution in [0.15, 0.2) is 48.5 Å². The van der Waals surface area contributed by atoms with Gasteiger partial charge < -0.3 is 25.2 Å². The number of likely N-dealkylation sites (tertiary alicyclic amines) is 1. The van der Waals surface area contributed by atoms with Crippen molar-refractivity contribution in [2.75, 3.05) is 20.2 Å². The van der Waals surface area contributed by atoms with E-state index in [9.17, 15) is 14.7 Å². The third-order valence-corrected chi connectivity index (χ3v) is 6.32. The van der Waals surface area contributed by atoms with Gasteiger partial charge in [-0.15, -0.1) is 0 Å². The number of urea groups is 1. The summed E-state index contributed by atoms with van der Waals surface area (Å²) < 4.78 is 11.7. The number of rotatable bonds is 4. The van der Waals surface area contributed by atoms with Crippen LogP contribution < -0.4 is 15.2 Å². The minimum atomic E-state index is -0.861. The molecular weight excluding hydrogens is 384 g/mol. The Morgan fingerprint density at radius 2 is 1.97 bits per heavy atom. The second-order valence-corrected chi connectivity index (χ2v) is 7.94. The van der Waals surface area contributed by atoms with Crippen molar-refractivity contribution < 1.29 is 24.2 Å². The fraction of sp³-hybridized carbons (Fsp3) is 0.391. The number of fused-ring (bicyclic) bond motifs is 1. The first-order chi connectivity index (χ1) is 14.5. The molecule has 2 aromatic rings. The molecule has 2 aromatic carbocycles. The fourth-order valence-corrected chi connectivity index (χ4v) is 4.77. The summed E-state index contributed by atoms with van der Waals surface area (Å²) in [5.74, 6) is -0.247. The summed E-state index contributed by atoms with van der Waals surface area (Å²) in [4.78, 5) is 25.5. The van der Waals surface area contributed by atoms with Gasteiger partial charge in [0.25, 0.3) is 0 Å². The minimum absolute atomic E-state index is 0.0130. The van der Waals surface area contributed by atoms with E-state index in [1.807, 2.05) is 30.3 Å². The summed E-state index contributed by atoms with van der Waals surface area (Å²) in [6.07, 6.45) is 0.795. The van der Waals surface area contributed by atoms with Crippen LogP contribution in [0.5, 0.6) is 11.5 Å². The molecule has 0 radical (unpaired) electrons. The Balaban J connectivity index is 1.68. The average molecular weight is 410 g/mol. The molecule has 4 unspecified atom stereocenters. The zero-order chi connectivity index (χ0) is 21.3. The summed E-state index contributed by atoms with van der Waals surface area (Å²) in [5.41, 5.74) is 7.32. The van der Waals surface area contributed by atoms with Gasteiger partial charge >= 0.3 is 12.0 Å². The predicted molar refractivity (Wildman–Crippen MR) is 111 cm³/mol. The van der Waals surface area contributed by atoms with Crippen molar-refractivity contribution >= 4 is 12.0 Å². The molecule has 7 heteroatoms. The molecule has 0 saturated carbocycles. The van der Waals surface area contributed by atoms with Gasteiger partial charge in [-0.3, -0.25) is 4.79 Å². The monoisotopic (exact) mass is 410 g/mol. The van der Waals surface area contributed by atoms with Crippen LogP contribution in [0.4, 0.5) is 4.79 Å². The van der Waals surface area contributed by atoms with Gasteiger partial charge in [0.05, 0.1) is 13.0 Å². The van der Waals surface area contributed by atoms with Crippen LogP contribution >= 0.6 is 0 Å². The number of nitrogens with two attached hydrogens (primary N) is 1. The number of carbonyl (C=O) groups is 2. The number of hydrogen-bond acceptors (Lipinski definition) is 4. The molecule has 4 atom stereocenters. The number of methoxy groups -OCH3 is 1. The van der Waals surface area contributed by atoms with Gasteiger partial charge in [0.2, 0.25) is 0 Å². The summed E-state index contributed by atoms with van der Waals surface area (Å²) in [6.45, 7) is 1.03. The standard InChI is InChI=1S/C23H26N2O5/c1-29-15-7-8-16-18(22(26)27)12-21(30-20(16)11-15)17-9-10-25(23(24)28)13-19(17)14-5-3-2-4-6-14/h2-8,11,17-19,21H,9-10,12-13H2,1H3,(H2,24,28)(H,26,27). The Morgan fingerprint density at radius 3 is 2.63 bits per heavy atom. The maximum atomic E-state index is 12.0. The summed E-state index contributed by atoms with van der Waals surface area (Å²) in [7, 11) is 1.57. The number of carboxylic acids is 1. The normalized spacial score (nSPS) is 25.7. The molecule has 2 heterocycles. The third kappa shape index (κ3) is 3.79. The van der Waals surface area contributed by atoms with Gasteiger partial charge in [-0.05, 0) is 18.1 Å². The third-order valence-electron chi connectivity index (χ3n) is 6.32. The highest BCUT2D eigenvalue weighted by Crippen LogP contribution is 2.45. The molecule has 2 aliphatic rings. The van der Waals surface area contributed by atoms with Crippen LogP contribution in [0, 0.1) is 5.92 Å². The zero-order valence-corrected chi connectivity index (χ0v) is 16.9. The van der Waals surface area contributed by atoms with E-state index < -0.39 is 17.9 Å². The molecule has 158 valence electrons. The van der Waals surface area contributed by atoms with Crippen molar-refractivity contribution in [2.45, 2.75) is 30.8 Å². The summed E-state index contributed by atoms with van der Waals surface area (Å²) >= 11 is 0. The van der Waals surface area contributed by atoms with Crippen LogP contribution in [0.3, 0.4) is 0 Å². The molecular formula is C23H26N2O5. The van der Waals surface area contributed by atoms with E-state index >= 15 is 0 Å². The Bertz CT molecular complexity index is 932. The molecule has 30 heavy (non-hydrogen) atoms. The predicted octanol–water partition coefficient (Wildman–Crippen LogP) is 3.20. The van der Waals surface area contributed by atoms with Crippen LogP contribution in [0.25, 0.3) is 0 Å². The number of primary amides is 1. The van der Waals surface area contributed by atoms with Crippen molar-refractivity contribution in [3.05, 3.63) is 59.7 Å². The number of nitrogens with zero attached hydrogens (tertiary/aromatic N) is 1. The zero-order valence-electron chi connectivity index (χ0n) is 16.9. The second kappa shape index (κ2) is 8.26. The van der Waals surface area contributed by atoms with Gasteiger partial charge in [-0.25, -0.2) is 4.79 Å². The maximum absolute atomic E-state index is 12.0. The lowest BCUT2D eigenvalue weighted by molar-refractivity contribution is -0.140. The van der Waals surface area contributed by atoms with Gasteiger partial charge in [0, 0.05) is 43.0 Å². The molecule has 0 aromatic heterocycles. The van der Waals surface area contributed by atoms with Crippen LogP contribution in [0.1, 0.15) is 35.8 Å². The van der Waals surface area contributed by atoms with E-state index in [2.05, 4.69) is 0 Å². The summed E-state index contributed by atoms with van der Waals surface area (Å²) in [6, 6.07) is 14.8. The van der Waals surface area contributed by atoms with E-state index in [-0.39, 0.29) is 17.9 Å². The molecule has 1 fully saturated rings. The molecule has 0 aliphatic carbocycles. The van der Waals surface area contributed by atoms with Gasteiger partial charge in [-0.1, -0.05) is 36.4 Å². The Labute approximate surface area is 175 Å². The molecule has 7 nitrogen and oxygen atoms in total. The SMILES string of the molecule is COc1ccc2c(c1)OC(C1CCN(C(N)=O)CC1c1ccccc1)CC2C(=O)O. The number of ether oxygens (including phenoxy) is 2. The van der Waals surface area contributed by atoms with E-state index in [0.717, 1.165) is 5.56 Å². The highest BCUT2D eigenvalue weighted by Gasteiger charge is 2.43. The van der Waals surface area contributed by atoms with E-state index in [1.54, 1.807) is 30.2 Å². The molecule has 0 bridgehead atoms. The molecule has 2 amide bonds. The van der Waals surface area contributed by atoms with E-state index in [1.165, 1.54) is 0 Å². The smallest absolute Gasteiger partial charge is 0.314 e. The topological polar surface area (TPSA) is 102 Å². The summed E-state index contributed by atoms with van der Waals surface area (Å²) in [5, 5.41) is 9.87. The first-order valence-electron chi connectivity index (χ1n) is 10.1. The Hall–Kier alpha value is -3.22. The number of carboxylic acid groups (broad SMARTS) is 1. The number of aliphatic carboxylic acids is 1. The van der Waals surface area contributed by atoms with Gasteiger partial charge in [0.1, 0.15) is 17.6 Å². The number of piperidine rings is 1. The number of benzene rings is 2. The Morgan fingerprint density at radius 1 is 1.20 bits per heavy atom. The van der Waals surface area contributed by atoms with Crippen LogP contribution in [0.2, 0.25) is 0 Å². The van der Waals surface area contributed by atoms with Crippen molar-refractivity contribution in [1.82, 2.24) is 4.90 Å². The van der Waals surface area contributed by atoms with E-state index in [4.69, 9.17) is 15.2 Å². The first kappa shape index (κ1) is 20.1.